The van der Waals surface area contributed by atoms with Crippen molar-refractivity contribution < 1.29 is 0 Å². The molecule has 1 unspecified atom stereocenters. The van der Waals surface area contributed by atoms with E-state index in [4.69, 9.17) is 0 Å². The fourth-order valence-corrected chi connectivity index (χ4v) is 2.42. The summed E-state index contributed by atoms with van der Waals surface area (Å²) in [5.74, 6) is 0.414. The molecule has 0 aliphatic carbocycles. The molecule has 0 amide bonds. The first kappa shape index (κ1) is 13.8. The van der Waals surface area contributed by atoms with Gasteiger partial charge in [0, 0.05) is 18.3 Å². The third-order valence-electron chi connectivity index (χ3n) is 3.81. The highest BCUT2D eigenvalue weighted by Gasteiger charge is 2.15. The van der Waals surface area contributed by atoms with Gasteiger partial charge in [0.05, 0.1) is 0 Å². The quantitative estimate of drug-likeness (QED) is 0.746. The molecule has 1 nitrogen and oxygen atoms in total. The maximum atomic E-state index is 4.17. The molecule has 0 aliphatic rings. The molecular weight excluding hydrogens is 230 g/mol. The Morgan fingerprint density at radius 2 is 1.63 bits per heavy atom. The largest absolute Gasteiger partial charge is 0.264 e. The molecule has 0 saturated heterocycles. The minimum Gasteiger partial charge on any atom is -0.264 e. The molecular formula is C18H23N. The van der Waals surface area contributed by atoms with Crippen LogP contribution in [0.15, 0.2) is 42.7 Å². The number of hydrogen-bond acceptors (Lipinski definition) is 1. The summed E-state index contributed by atoms with van der Waals surface area (Å²) >= 11 is 0. The summed E-state index contributed by atoms with van der Waals surface area (Å²) in [4.78, 5) is 4.17. The minimum atomic E-state index is 0.217. The topological polar surface area (TPSA) is 12.9 Å². The van der Waals surface area contributed by atoms with E-state index in [0.29, 0.717) is 5.92 Å². The zero-order chi connectivity index (χ0) is 14.0. The average Bonchev–Trinajstić information content (AvgIpc) is 2.38. The smallest absolute Gasteiger partial charge is 0.0300 e. The van der Waals surface area contributed by atoms with Crippen LogP contribution in [0.5, 0.6) is 0 Å². The number of aromatic nitrogens is 1. The van der Waals surface area contributed by atoms with Crippen molar-refractivity contribution in [3.8, 4) is 0 Å². The van der Waals surface area contributed by atoms with E-state index in [-0.39, 0.29) is 5.41 Å². The molecule has 0 radical (unpaired) electrons. The second-order valence-corrected chi connectivity index (χ2v) is 6.33. The van der Waals surface area contributed by atoms with Crippen molar-refractivity contribution in [3.05, 3.63) is 65.0 Å². The van der Waals surface area contributed by atoms with Gasteiger partial charge in [0.1, 0.15) is 0 Å². The van der Waals surface area contributed by atoms with Gasteiger partial charge in [-0.05, 0) is 40.7 Å². The molecule has 19 heavy (non-hydrogen) atoms. The Morgan fingerprint density at radius 3 is 2.16 bits per heavy atom. The molecule has 100 valence electrons. The van der Waals surface area contributed by atoms with Crippen LogP contribution in [0.3, 0.4) is 0 Å². The van der Waals surface area contributed by atoms with Gasteiger partial charge in [-0.15, -0.1) is 0 Å². The summed E-state index contributed by atoms with van der Waals surface area (Å²) in [5, 5.41) is 0. The van der Waals surface area contributed by atoms with E-state index in [0.717, 1.165) is 0 Å². The Labute approximate surface area is 116 Å². The summed E-state index contributed by atoms with van der Waals surface area (Å²) in [6.07, 6.45) is 3.82. The van der Waals surface area contributed by atoms with E-state index in [1.165, 1.54) is 22.3 Å². The molecule has 1 atom stereocenters. The van der Waals surface area contributed by atoms with Gasteiger partial charge in [0.2, 0.25) is 0 Å². The lowest BCUT2D eigenvalue weighted by molar-refractivity contribution is 0.590. The lowest BCUT2D eigenvalue weighted by atomic mass is 9.84. The number of benzene rings is 1. The van der Waals surface area contributed by atoms with Gasteiger partial charge < -0.3 is 0 Å². The van der Waals surface area contributed by atoms with Crippen LogP contribution in [0.4, 0.5) is 0 Å². The fraction of sp³-hybridized carbons (Fsp3) is 0.389. The standard InChI is InChI=1S/C18H23N/c1-13-12-19-11-10-17(13)14(2)15-6-8-16(9-7-15)18(3,4)5/h6-12,14H,1-5H3. The van der Waals surface area contributed by atoms with Crippen LogP contribution in [-0.2, 0) is 5.41 Å². The van der Waals surface area contributed by atoms with Gasteiger partial charge in [-0.2, -0.15) is 0 Å². The van der Waals surface area contributed by atoms with Crippen LogP contribution >= 0.6 is 0 Å². The van der Waals surface area contributed by atoms with Crippen molar-refractivity contribution in [1.82, 2.24) is 4.98 Å². The van der Waals surface area contributed by atoms with Crippen LogP contribution < -0.4 is 0 Å². The van der Waals surface area contributed by atoms with Gasteiger partial charge in [0.15, 0.2) is 0 Å². The number of nitrogens with zero attached hydrogens (tertiary/aromatic N) is 1. The second kappa shape index (κ2) is 5.16. The number of pyridine rings is 1. The molecule has 1 heterocycles. The molecule has 1 heteroatoms. The molecule has 1 aromatic carbocycles. The number of rotatable bonds is 2. The monoisotopic (exact) mass is 253 g/mol. The van der Waals surface area contributed by atoms with E-state index in [9.17, 15) is 0 Å². The van der Waals surface area contributed by atoms with Crippen LogP contribution in [0.1, 0.15) is 55.9 Å². The second-order valence-electron chi connectivity index (χ2n) is 6.33. The van der Waals surface area contributed by atoms with Crippen molar-refractivity contribution in [3.63, 3.8) is 0 Å². The van der Waals surface area contributed by atoms with Crippen molar-refractivity contribution in [2.45, 2.75) is 46.0 Å². The maximum Gasteiger partial charge on any atom is 0.0300 e. The lowest BCUT2D eigenvalue weighted by Crippen LogP contribution is -2.11. The Bertz CT molecular complexity index is 547. The predicted octanol–water partition coefficient (Wildman–Crippen LogP) is 4.84. The first-order valence-corrected chi connectivity index (χ1v) is 6.90. The van der Waals surface area contributed by atoms with Gasteiger partial charge in [-0.25, -0.2) is 0 Å². The van der Waals surface area contributed by atoms with Gasteiger partial charge in [-0.3, -0.25) is 4.98 Å². The average molecular weight is 253 g/mol. The van der Waals surface area contributed by atoms with E-state index >= 15 is 0 Å². The number of hydrogen-bond donors (Lipinski definition) is 0. The van der Waals surface area contributed by atoms with Crippen molar-refractivity contribution in [1.29, 1.82) is 0 Å². The van der Waals surface area contributed by atoms with Gasteiger partial charge in [-0.1, -0.05) is 52.0 Å². The molecule has 0 bridgehead atoms. The normalized spacial score (nSPS) is 13.3. The Morgan fingerprint density at radius 1 is 1.00 bits per heavy atom. The van der Waals surface area contributed by atoms with E-state index in [2.05, 4.69) is 69.9 Å². The third kappa shape index (κ3) is 3.04. The van der Waals surface area contributed by atoms with Crippen LogP contribution in [0, 0.1) is 6.92 Å². The Balaban J connectivity index is 2.31. The maximum absolute atomic E-state index is 4.17. The predicted molar refractivity (Wildman–Crippen MR) is 81.6 cm³/mol. The molecule has 2 rings (SSSR count). The zero-order valence-corrected chi connectivity index (χ0v) is 12.6. The van der Waals surface area contributed by atoms with E-state index in [1.807, 2.05) is 12.4 Å². The van der Waals surface area contributed by atoms with Gasteiger partial charge >= 0.3 is 0 Å². The summed E-state index contributed by atoms with van der Waals surface area (Å²) in [7, 11) is 0. The third-order valence-corrected chi connectivity index (χ3v) is 3.81. The summed E-state index contributed by atoms with van der Waals surface area (Å²) in [6.45, 7) is 11.1. The molecule has 0 saturated carbocycles. The Hall–Kier alpha value is -1.63. The SMILES string of the molecule is Cc1cnccc1C(C)c1ccc(C(C)(C)C)cc1. The molecule has 2 aromatic rings. The molecule has 1 aromatic heterocycles. The summed E-state index contributed by atoms with van der Waals surface area (Å²) in [5.41, 5.74) is 5.58. The van der Waals surface area contributed by atoms with Crippen LogP contribution in [-0.4, -0.2) is 4.98 Å². The molecule has 0 N–H and O–H groups in total. The van der Waals surface area contributed by atoms with Crippen molar-refractivity contribution in [2.75, 3.05) is 0 Å². The summed E-state index contributed by atoms with van der Waals surface area (Å²) < 4.78 is 0. The number of aryl methyl sites for hydroxylation is 1. The van der Waals surface area contributed by atoms with Gasteiger partial charge in [0.25, 0.3) is 0 Å². The summed E-state index contributed by atoms with van der Waals surface area (Å²) in [6, 6.07) is 11.1. The lowest BCUT2D eigenvalue weighted by Gasteiger charge is -2.21. The highest BCUT2D eigenvalue weighted by Crippen LogP contribution is 2.28. The van der Waals surface area contributed by atoms with Crippen molar-refractivity contribution in [2.24, 2.45) is 0 Å². The van der Waals surface area contributed by atoms with E-state index in [1.54, 1.807) is 0 Å². The molecule has 0 fully saturated rings. The Kier molecular flexibility index (Phi) is 3.75. The first-order valence-electron chi connectivity index (χ1n) is 6.90. The van der Waals surface area contributed by atoms with Crippen LogP contribution in [0.2, 0.25) is 0 Å². The van der Waals surface area contributed by atoms with Crippen LogP contribution in [0.25, 0.3) is 0 Å². The highest BCUT2D eigenvalue weighted by atomic mass is 14.6. The minimum absolute atomic E-state index is 0.217. The first-order chi connectivity index (χ1) is 8.89. The highest BCUT2D eigenvalue weighted by molar-refractivity contribution is 5.37. The zero-order valence-electron chi connectivity index (χ0n) is 12.6. The molecule has 0 aliphatic heterocycles. The van der Waals surface area contributed by atoms with E-state index < -0.39 is 0 Å². The van der Waals surface area contributed by atoms with Crippen molar-refractivity contribution >= 4 is 0 Å². The molecule has 0 spiro atoms. The fourth-order valence-electron chi connectivity index (χ4n) is 2.42.